The second-order valence-electron chi connectivity index (χ2n) is 20.6. The SMILES string of the molecule is CNC(=O)c1c(-c2ccc(F)cc2)oc2cc(N(C)S(C)(=O)=O)c(-c3cc(-c4cc5ccccc5[nH]4)nc(S(C)(=O)=O)n3)cc12.CNC(=O)c1c(-c2ccc(F)cc2)oc2cc(N(C)S(C)(=O)=O)c(-c3cc(-c4cc5ccccc5[nH]4)nc(S(C)=O)n3)cc12. The number of carbonyl (C=O) groups is 2. The number of para-hydroxylation sites is 2. The van der Waals surface area contributed by atoms with E-state index in [0.717, 1.165) is 49.2 Å². The maximum atomic E-state index is 13.7. The van der Waals surface area contributed by atoms with Crippen LogP contribution in [0.4, 0.5) is 20.2 Å². The maximum absolute atomic E-state index is 13.7. The topological polar surface area (TPSA) is 294 Å². The largest absolute Gasteiger partial charge is 0.455 e. The number of nitrogens with one attached hydrogen (secondary N) is 4. The van der Waals surface area contributed by atoms with E-state index in [1.165, 1.54) is 101 Å². The predicted molar refractivity (Wildman–Crippen MR) is 339 cm³/mol. The van der Waals surface area contributed by atoms with Gasteiger partial charge in [-0.05, 0) is 97.1 Å². The lowest BCUT2D eigenvalue weighted by Crippen LogP contribution is -2.25. The van der Waals surface area contributed by atoms with Gasteiger partial charge in [-0.3, -0.25) is 22.4 Å². The number of sulfone groups is 1. The zero-order valence-electron chi connectivity index (χ0n) is 48.4. The molecule has 6 aromatic heterocycles. The summed E-state index contributed by atoms with van der Waals surface area (Å²) in [5.74, 6) is -1.60. The highest BCUT2D eigenvalue weighted by Crippen LogP contribution is 2.44. The summed E-state index contributed by atoms with van der Waals surface area (Å²) in [6.45, 7) is 0. The van der Waals surface area contributed by atoms with E-state index in [9.17, 15) is 47.8 Å². The average Bonchev–Trinajstić information content (AvgIpc) is 1.70. The summed E-state index contributed by atoms with van der Waals surface area (Å²) in [5.41, 5.74) is 6.24. The molecule has 27 heteroatoms. The van der Waals surface area contributed by atoms with Crippen LogP contribution in [0.3, 0.4) is 0 Å². The first-order valence-corrected chi connectivity index (χ1v) is 33.9. The van der Waals surface area contributed by atoms with Crippen molar-refractivity contribution >= 4 is 108 Å². The smallest absolute Gasteiger partial charge is 0.255 e. The first-order chi connectivity index (χ1) is 42.2. The fourth-order valence-electron chi connectivity index (χ4n) is 9.98. The minimum Gasteiger partial charge on any atom is -0.455 e. The summed E-state index contributed by atoms with van der Waals surface area (Å²) in [6, 6.07) is 39.0. The van der Waals surface area contributed by atoms with E-state index >= 15 is 0 Å². The van der Waals surface area contributed by atoms with Gasteiger partial charge in [-0.25, -0.2) is 54.0 Å². The molecule has 1 atom stereocenters. The molecule has 0 aliphatic rings. The fraction of sp³-hybridized carbons (Fsp3) is 0.129. The fourth-order valence-corrected chi connectivity index (χ4v) is 12.0. The van der Waals surface area contributed by atoms with Crippen LogP contribution in [0.2, 0.25) is 0 Å². The minimum absolute atomic E-state index is 0.0370. The van der Waals surface area contributed by atoms with Gasteiger partial charge in [0.15, 0.2) is 0 Å². The van der Waals surface area contributed by atoms with Crippen LogP contribution in [0.25, 0.3) is 112 Å². The number of rotatable bonds is 14. The molecule has 6 aromatic carbocycles. The molecule has 2 amide bonds. The zero-order valence-corrected chi connectivity index (χ0v) is 51.7. The van der Waals surface area contributed by atoms with Gasteiger partial charge in [-0.2, -0.15) is 0 Å². The molecule has 0 bridgehead atoms. The lowest BCUT2D eigenvalue weighted by molar-refractivity contribution is 0.0956. The summed E-state index contributed by atoms with van der Waals surface area (Å²) < 4.78 is 131. The van der Waals surface area contributed by atoms with E-state index in [1.807, 2.05) is 60.7 Å². The Labute approximate surface area is 510 Å². The van der Waals surface area contributed by atoms with Crippen LogP contribution in [0, 0.1) is 11.6 Å². The third-order valence-electron chi connectivity index (χ3n) is 14.6. The number of anilines is 2. The van der Waals surface area contributed by atoms with Crippen LogP contribution in [0.15, 0.2) is 165 Å². The van der Waals surface area contributed by atoms with Gasteiger partial charge >= 0.3 is 0 Å². The molecule has 454 valence electrons. The molecular formula is C62H52F2N10O11S4. The number of halogens is 2. The zero-order chi connectivity index (χ0) is 63.6. The number of hydrogen-bond donors (Lipinski definition) is 4. The standard InChI is InChI=1S/C31H26FN5O6S2.C31H26FN5O5S2/c1-33-30(38)28-21-14-20(26(37(2)45(4,41)42)16-27(21)43-29(28)17-9-11-19(32)12-10-17)23-15-25(36-31(35-23)44(3,39)40)24-13-18-7-5-6-8-22(18)34-24;1-33-30(38)28-21-14-20(23-15-25(36-31(35-23)43(3)39)24-13-18-7-5-6-8-22(18)34-24)26(37(2)44(4,40)41)16-27(21)42-29(28)17-9-11-19(32)12-10-17/h5-16,34H,1-4H3,(H,33,38);5-16,34H,1-4H3,(H,33,38). The molecule has 4 N–H and O–H groups in total. The third-order valence-corrected chi connectivity index (χ3v) is 18.5. The lowest BCUT2D eigenvalue weighted by atomic mass is 10.0. The Hall–Kier alpha value is -9.96. The number of H-pyrrole nitrogens is 2. The first-order valence-electron chi connectivity index (χ1n) is 26.7. The van der Waals surface area contributed by atoms with Gasteiger partial charge in [0.25, 0.3) is 11.8 Å². The monoisotopic (exact) mass is 1280 g/mol. The van der Waals surface area contributed by atoms with Gasteiger partial charge in [0, 0.05) is 108 Å². The molecule has 0 aliphatic heterocycles. The highest BCUT2D eigenvalue weighted by Gasteiger charge is 2.30. The van der Waals surface area contributed by atoms with Gasteiger partial charge in [0.1, 0.15) is 34.3 Å². The van der Waals surface area contributed by atoms with Gasteiger partial charge in [0.2, 0.25) is 40.2 Å². The highest BCUT2D eigenvalue weighted by atomic mass is 32.2. The van der Waals surface area contributed by atoms with Crippen LogP contribution in [-0.4, -0.2) is 124 Å². The molecule has 0 saturated carbocycles. The minimum atomic E-state index is -3.94. The molecule has 21 nitrogen and oxygen atoms in total. The molecule has 0 fully saturated rings. The van der Waals surface area contributed by atoms with Crippen molar-refractivity contribution < 1.29 is 56.7 Å². The van der Waals surface area contributed by atoms with Crippen molar-refractivity contribution in [2.24, 2.45) is 0 Å². The van der Waals surface area contributed by atoms with E-state index in [-0.39, 0.29) is 73.0 Å². The Morgan fingerprint density at radius 3 is 1.29 bits per heavy atom. The van der Waals surface area contributed by atoms with Crippen LogP contribution in [-0.2, 0) is 40.7 Å². The number of hydrogen-bond acceptors (Lipinski definition) is 15. The van der Waals surface area contributed by atoms with E-state index < -0.39 is 69.3 Å². The van der Waals surface area contributed by atoms with Crippen molar-refractivity contribution in [3.05, 3.63) is 168 Å². The van der Waals surface area contributed by atoms with Crippen LogP contribution in [0.5, 0.6) is 0 Å². The Bertz CT molecular complexity index is 5180. The molecule has 0 radical (unpaired) electrons. The molecule has 6 heterocycles. The summed E-state index contributed by atoms with van der Waals surface area (Å²) in [7, 11) is -7.52. The molecule has 0 aliphatic carbocycles. The van der Waals surface area contributed by atoms with E-state index in [1.54, 1.807) is 18.2 Å². The average molecular weight is 1280 g/mol. The van der Waals surface area contributed by atoms with Crippen LogP contribution in [0.1, 0.15) is 20.7 Å². The Balaban J connectivity index is 0.000000184. The van der Waals surface area contributed by atoms with E-state index in [2.05, 4.69) is 40.5 Å². The number of aromatic nitrogens is 6. The van der Waals surface area contributed by atoms with Gasteiger partial charge in [-0.15, -0.1) is 0 Å². The Morgan fingerprint density at radius 1 is 0.528 bits per heavy atom. The summed E-state index contributed by atoms with van der Waals surface area (Å²) in [6.07, 6.45) is 4.50. The van der Waals surface area contributed by atoms with Crippen LogP contribution >= 0.6 is 0 Å². The summed E-state index contributed by atoms with van der Waals surface area (Å²) in [5, 5.41) is 7.24. The maximum Gasteiger partial charge on any atom is 0.255 e. The van der Waals surface area contributed by atoms with Crippen molar-refractivity contribution in [2.45, 2.75) is 10.3 Å². The number of carbonyl (C=O) groups excluding carboxylic acids is 2. The number of aromatic amines is 2. The predicted octanol–water partition coefficient (Wildman–Crippen LogP) is 10.3. The number of sulfonamides is 2. The van der Waals surface area contributed by atoms with Crippen molar-refractivity contribution in [1.29, 1.82) is 0 Å². The van der Waals surface area contributed by atoms with Gasteiger partial charge in [0.05, 0.1) is 80.0 Å². The van der Waals surface area contributed by atoms with Gasteiger partial charge < -0.3 is 29.4 Å². The van der Waals surface area contributed by atoms with Crippen molar-refractivity contribution in [3.8, 4) is 67.9 Å². The molecule has 0 saturated heterocycles. The number of nitrogens with zero attached hydrogens (tertiary/aromatic N) is 6. The quantitative estimate of drug-likeness (QED) is 0.0736. The summed E-state index contributed by atoms with van der Waals surface area (Å²) in [4.78, 5) is 50.8. The molecule has 12 aromatic rings. The number of benzene rings is 6. The van der Waals surface area contributed by atoms with Gasteiger partial charge in [-0.1, -0.05) is 36.4 Å². The molecule has 0 spiro atoms. The van der Waals surface area contributed by atoms with Crippen molar-refractivity contribution in [3.63, 3.8) is 0 Å². The first kappa shape index (κ1) is 60.7. The number of amides is 2. The molecular weight excluding hydrogens is 1230 g/mol. The van der Waals surface area contributed by atoms with Crippen molar-refractivity contribution in [1.82, 2.24) is 40.5 Å². The van der Waals surface area contributed by atoms with Crippen molar-refractivity contribution in [2.75, 3.05) is 61.8 Å². The number of fused-ring (bicyclic) bond motifs is 4. The second kappa shape index (κ2) is 23.3. The normalized spacial score (nSPS) is 12.3. The lowest BCUT2D eigenvalue weighted by Gasteiger charge is -2.20. The molecule has 89 heavy (non-hydrogen) atoms. The number of furan rings is 2. The van der Waals surface area contributed by atoms with Crippen LogP contribution < -0.4 is 19.2 Å². The molecule has 1 unspecified atom stereocenters. The highest BCUT2D eigenvalue weighted by molar-refractivity contribution is 7.92. The third kappa shape index (κ3) is 12.0. The van der Waals surface area contributed by atoms with E-state index in [0.29, 0.717) is 44.5 Å². The molecule has 12 rings (SSSR count). The second-order valence-corrected chi connectivity index (χ2v) is 27.8. The van der Waals surface area contributed by atoms with E-state index in [4.69, 9.17) is 8.83 Å². The summed E-state index contributed by atoms with van der Waals surface area (Å²) >= 11 is 0. The Morgan fingerprint density at radius 2 is 0.910 bits per heavy atom. The Kier molecular flexibility index (Phi) is 15.9.